The monoisotopic (exact) mass is 378 g/mol. The molecule has 3 aromatic rings. The van der Waals surface area contributed by atoms with E-state index < -0.39 is 0 Å². The van der Waals surface area contributed by atoms with Crippen LogP contribution in [0.15, 0.2) is 88.4 Å². The van der Waals surface area contributed by atoms with Crippen molar-refractivity contribution in [2.24, 2.45) is 5.10 Å². The molecular formula is C21H19BrN2. The van der Waals surface area contributed by atoms with Gasteiger partial charge in [-0.2, -0.15) is 5.10 Å². The molecule has 0 radical (unpaired) electrons. The number of hydrogen-bond acceptors (Lipinski definition) is 2. The summed E-state index contributed by atoms with van der Waals surface area (Å²) >= 11 is 3.49. The lowest BCUT2D eigenvalue weighted by Gasteiger charge is -2.11. The Morgan fingerprint density at radius 3 is 2.17 bits per heavy atom. The zero-order valence-electron chi connectivity index (χ0n) is 13.5. The fourth-order valence-corrected chi connectivity index (χ4v) is 2.82. The molecule has 0 aliphatic heterocycles. The second-order valence-electron chi connectivity index (χ2n) is 5.46. The van der Waals surface area contributed by atoms with E-state index in [1.54, 1.807) is 0 Å². The Bertz CT molecular complexity index is 824. The standard InChI is InChI=1S/C21H19BrN2/c1-2-16-8-6-7-11-20(16)23-24-21(17-9-4-3-5-10-17)18-12-14-19(22)15-13-18/h3-15,23H,2H2,1H3. The number of benzene rings is 3. The minimum absolute atomic E-state index is 0.925. The maximum Gasteiger partial charge on any atom is 0.0977 e. The third-order valence-corrected chi connectivity index (χ3v) is 4.38. The molecule has 0 atom stereocenters. The van der Waals surface area contributed by atoms with Crippen molar-refractivity contribution < 1.29 is 0 Å². The van der Waals surface area contributed by atoms with Gasteiger partial charge in [0.05, 0.1) is 11.4 Å². The molecule has 3 aromatic carbocycles. The van der Waals surface area contributed by atoms with Crippen LogP contribution in [0, 0.1) is 0 Å². The Kier molecular flexibility index (Phi) is 5.44. The highest BCUT2D eigenvalue weighted by Crippen LogP contribution is 2.18. The van der Waals surface area contributed by atoms with Gasteiger partial charge in [0.25, 0.3) is 0 Å². The van der Waals surface area contributed by atoms with Crippen LogP contribution in [0.2, 0.25) is 0 Å². The Hall–Kier alpha value is -2.39. The molecular weight excluding hydrogens is 360 g/mol. The van der Waals surface area contributed by atoms with Crippen molar-refractivity contribution in [3.8, 4) is 0 Å². The van der Waals surface area contributed by atoms with Crippen LogP contribution in [0.5, 0.6) is 0 Å². The highest BCUT2D eigenvalue weighted by Gasteiger charge is 2.07. The number of hydrazone groups is 1. The van der Waals surface area contributed by atoms with Gasteiger partial charge in [-0.3, -0.25) is 5.43 Å². The first kappa shape index (κ1) is 16.5. The van der Waals surface area contributed by atoms with Gasteiger partial charge in [0.1, 0.15) is 0 Å². The van der Waals surface area contributed by atoms with Crippen molar-refractivity contribution in [1.82, 2.24) is 0 Å². The summed E-state index contributed by atoms with van der Waals surface area (Å²) in [5, 5.41) is 4.72. The van der Waals surface area contributed by atoms with Crippen molar-refractivity contribution >= 4 is 27.3 Å². The molecule has 0 spiro atoms. The average Bonchev–Trinajstić information content (AvgIpc) is 2.64. The van der Waals surface area contributed by atoms with Gasteiger partial charge in [-0.1, -0.05) is 83.5 Å². The molecule has 1 N–H and O–H groups in total. The van der Waals surface area contributed by atoms with Crippen molar-refractivity contribution in [2.45, 2.75) is 13.3 Å². The Morgan fingerprint density at radius 2 is 1.46 bits per heavy atom. The minimum atomic E-state index is 0.925. The molecule has 0 saturated carbocycles. The molecule has 120 valence electrons. The van der Waals surface area contributed by atoms with E-state index in [0.717, 1.165) is 33.4 Å². The first-order chi connectivity index (χ1) is 11.8. The quantitative estimate of drug-likeness (QED) is 0.435. The first-order valence-electron chi connectivity index (χ1n) is 8.01. The second kappa shape index (κ2) is 7.93. The smallest absolute Gasteiger partial charge is 0.0977 e. The van der Waals surface area contributed by atoms with Crippen LogP contribution in [0.25, 0.3) is 0 Å². The van der Waals surface area contributed by atoms with Crippen LogP contribution in [-0.4, -0.2) is 5.71 Å². The van der Waals surface area contributed by atoms with E-state index in [0.29, 0.717) is 0 Å². The maximum absolute atomic E-state index is 4.72. The van der Waals surface area contributed by atoms with Gasteiger partial charge in [0.2, 0.25) is 0 Å². The highest BCUT2D eigenvalue weighted by molar-refractivity contribution is 9.10. The number of nitrogens with one attached hydrogen (secondary N) is 1. The van der Waals surface area contributed by atoms with Crippen LogP contribution in [-0.2, 0) is 6.42 Å². The van der Waals surface area contributed by atoms with E-state index in [-0.39, 0.29) is 0 Å². The minimum Gasteiger partial charge on any atom is -0.278 e. The number of rotatable bonds is 5. The molecule has 0 aliphatic carbocycles. The highest BCUT2D eigenvalue weighted by atomic mass is 79.9. The molecule has 0 aliphatic rings. The topological polar surface area (TPSA) is 24.4 Å². The molecule has 3 heteroatoms. The molecule has 3 rings (SSSR count). The van der Waals surface area contributed by atoms with E-state index in [4.69, 9.17) is 5.10 Å². The molecule has 0 amide bonds. The van der Waals surface area contributed by atoms with E-state index in [1.807, 2.05) is 36.4 Å². The van der Waals surface area contributed by atoms with Gasteiger partial charge in [-0.25, -0.2) is 0 Å². The van der Waals surface area contributed by atoms with Crippen LogP contribution in [0.1, 0.15) is 23.6 Å². The van der Waals surface area contributed by atoms with Crippen LogP contribution < -0.4 is 5.43 Å². The van der Waals surface area contributed by atoms with E-state index >= 15 is 0 Å². The fraction of sp³-hybridized carbons (Fsp3) is 0.0952. The third kappa shape index (κ3) is 3.92. The van der Waals surface area contributed by atoms with Gasteiger partial charge >= 0.3 is 0 Å². The molecule has 2 nitrogen and oxygen atoms in total. The lowest BCUT2D eigenvalue weighted by atomic mass is 10.0. The first-order valence-corrected chi connectivity index (χ1v) is 8.80. The number of anilines is 1. The van der Waals surface area contributed by atoms with Gasteiger partial charge in [-0.15, -0.1) is 0 Å². The summed E-state index contributed by atoms with van der Waals surface area (Å²) in [5.74, 6) is 0. The van der Waals surface area contributed by atoms with Crippen molar-refractivity contribution in [3.63, 3.8) is 0 Å². The van der Waals surface area contributed by atoms with E-state index in [1.165, 1.54) is 5.56 Å². The predicted octanol–water partition coefficient (Wildman–Crippen LogP) is 5.88. The normalized spacial score (nSPS) is 11.3. The molecule has 0 unspecified atom stereocenters. The molecule has 0 fully saturated rings. The van der Waals surface area contributed by atoms with Crippen LogP contribution in [0.3, 0.4) is 0 Å². The zero-order valence-corrected chi connectivity index (χ0v) is 15.1. The lowest BCUT2D eigenvalue weighted by Crippen LogP contribution is -2.07. The Morgan fingerprint density at radius 1 is 0.833 bits per heavy atom. The summed E-state index contributed by atoms with van der Waals surface area (Å²) in [5.41, 5.74) is 8.64. The summed E-state index contributed by atoms with van der Waals surface area (Å²) < 4.78 is 1.06. The van der Waals surface area contributed by atoms with Gasteiger partial charge in [-0.05, 0) is 30.2 Å². The van der Waals surface area contributed by atoms with E-state index in [2.05, 4.69) is 70.7 Å². The largest absolute Gasteiger partial charge is 0.278 e. The summed E-state index contributed by atoms with van der Waals surface area (Å²) in [6.45, 7) is 2.15. The van der Waals surface area contributed by atoms with Crippen LogP contribution >= 0.6 is 15.9 Å². The van der Waals surface area contributed by atoms with Crippen molar-refractivity contribution in [1.29, 1.82) is 0 Å². The molecule has 0 bridgehead atoms. The third-order valence-electron chi connectivity index (χ3n) is 3.85. The zero-order chi connectivity index (χ0) is 16.8. The number of halogens is 1. The van der Waals surface area contributed by atoms with Crippen molar-refractivity contribution in [2.75, 3.05) is 5.43 Å². The number of aryl methyl sites for hydroxylation is 1. The molecule has 0 aromatic heterocycles. The van der Waals surface area contributed by atoms with Gasteiger partial charge in [0, 0.05) is 15.6 Å². The predicted molar refractivity (Wildman–Crippen MR) is 106 cm³/mol. The molecule has 24 heavy (non-hydrogen) atoms. The van der Waals surface area contributed by atoms with Gasteiger partial charge < -0.3 is 0 Å². The Labute approximate surface area is 151 Å². The van der Waals surface area contributed by atoms with Crippen LogP contribution in [0.4, 0.5) is 5.69 Å². The molecule has 0 heterocycles. The summed E-state index contributed by atoms with van der Waals surface area (Å²) in [4.78, 5) is 0. The lowest BCUT2D eigenvalue weighted by molar-refractivity contribution is 1.13. The average molecular weight is 379 g/mol. The summed E-state index contributed by atoms with van der Waals surface area (Å²) in [7, 11) is 0. The van der Waals surface area contributed by atoms with E-state index in [9.17, 15) is 0 Å². The maximum atomic E-state index is 4.72. The molecule has 0 saturated heterocycles. The Balaban J connectivity index is 2.00. The number of hydrogen-bond donors (Lipinski definition) is 1. The number of nitrogens with zero attached hydrogens (tertiary/aromatic N) is 1. The van der Waals surface area contributed by atoms with Crippen molar-refractivity contribution in [3.05, 3.63) is 100 Å². The fourth-order valence-electron chi connectivity index (χ4n) is 2.55. The number of para-hydroxylation sites is 1. The summed E-state index contributed by atoms with van der Waals surface area (Å²) in [6.07, 6.45) is 0.970. The second-order valence-corrected chi connectivity index (χ2v) is 6.37. The van der Waals surface area contributed by atoms with Gasteiger partial charge in [0.15, 0.2) is 0 Å². The SMILES string of the molecule is CCc1ccccc1NN=C(c1ccccc1)c1ccc(Br)cc1. The summed E-state index contributed by atoms with van der Waals surface area (Å²) in [6, 6.07) is 26.7.